The lowest BCUT2D eigenvalue weighted by molar-refractivity contribution is -0.193. The largest absolute Gasteiger partial charge is 0.469 e. The summed E-state index contributed by atoms with van der Waals surface area (Å²) in [5, 5.41) is 11.0. The van der Waals surface area contributed by atoms with E-state index in [0.717, 1.165) is 51.4 Å². The van der Waals surface area contributed by atoms with Gasteiger partial charge < -0.3 is 19.3 Å². The van der Waals surface area contributed by atoms with Crippen molar-refractivity contribution in [3.8, 4) is 23.7 Å². The van der Waals surface area contributed by atoms with Gasteiger partial charge in [0, 0.05) is 43.7 Å². The average molecular weight is 680 g/mol. The lowest BCUT2D eigenvalue weighted by atomic mass is 9.78. The van der Waals surface area contributed by atoms with Crippen LogP contribution in [0.3, 0.4) is 0 Å². The summed E-state index contributed by atoms with van der Waals surface area (Å²) < 4.78 is 45.4. The van der Waals surface area contributed by atoms with Crippen molar-refractivity contribution < 1.29 is 32.5 Å². The molecule has 1 aromatic carbocycles. The minimum Gasteiger partial charge on any atom is -0.469 e. The van der Waals surface area contributed by atoms with Gasteiger partial charge in [0.2, 0.25) is 10.0 Å². The van der Waals surface area contributed by atoms with E-state index >= 15 is 0 Å². The molecule has 0 bridgehead atoms. The Hall–Kier alpha value is -2.92. The topological polar surface area (TPSA) is 111 Å². The Bertz CT molecular complexity index is 1480. The number of hydrogen-bond donors (Lipinski definition) is 2. The van der Waals surface area contributed by atoms with Gasteiger partial charge in [-0.1, -0.05) is 54.8 Å². The minimum atomic E-state index is -3.56. The standard InChI is InChI=1S/C39H53NO7S/c1-4-5-16-30(2)35(41)23-22-33-34-27-31(17-10-11-20-37(42)45-3)28-39(34,29-36(33)47-38-21-12-15-26-46-38)24-13-7-14-25-40-48(43,44)32-18-8-6-9-19-32/h6,8-9,17-19,22-23,30,33-36,38,40-41H,7,10-12,14-16,20-21,25-29H2,1-3H3/b23-22+,31-17+/t30-,33+,34+,35+,36+,38+,39-/m0/s1. The number of hydrogen-bond acceptors (Lipinski definition) is 7. The molecule has 0 unspecified atom stereocenters. The Morgan fingerprint density at radius 3 is 2.75 bits per heavy atom. The van der Waals surface area contributed by atoms with E-state index in [9.17, 15) is 18.3 Å². The molecule has 1 aromatic rings. The molecule has 48 heavy (non-hydrogen) atoms. The molecule has 2 aliphatic carbocycles. The lowest BCUT2D eigenvalue weighted by Gasteiger charge is -2.29. The summed E-state index contributed by atoms with van der Waals surface area (Å²) in [7, 11) is -2.14. The van der Waals surface area contributed by atoms with Crippen molar-refractivity contribution in [1.82, 2.24) is 4.72 Å². The van der Waals surface area contributed by atoms with Crippen LogP contribution in [0.4, 0.5) is 0 Å². The van der Waals surface area contributed by atoms with Gasteiger partial charge in [-0.05, 0) is 88.7 Å². The third-order valence-corrected chi connectivity index (χ3v) is 11.3. The maximum absolute atomic E-state index is 12.6. The van der Waals surface area contributed by atoms with Crippen molar-refractivity contribution in [2.75, 3.05) is 20.3 Å². The molecule has 4 rings (SSSR count). The van der Waals surface area contributed by atoms with E-state index in [2.05, 4.69) is 40.6 Å². The number of aliphatic hydroxyl groups is 1. The Balaban J connectivity index is 1.52. The zero-order chi connectivity index (χ0) is 34.4. The highest BCUT2D eigenvalue weighted by Gasteiger charge is 2.56. The van der Waals surface area contributed by atoms with Crippen molar-refractivity contribution in [3.05, 3.63) is 54.1 Å². The van der Waals surface area contributed by atoms with Crippen LogP contribution in [-0.2, 0) is 29.0 Å². The molecule has 0 aromatic heterocycles. The second-order valence-electron chi connectivity index (χ2n) is 13.3. The number of aliphatic hydroxyl groups excluding tert-OH is 1. The van der Waals surface area contributed by atoms with Crippen LogP contribution in [0, 0.1) is 46.9 Å². The van der Waals surface area contributed by atoms with Crippen molar-refractivity contribution >= 4 is 16.0 Å². The van der Waals surface area contributed by atoms with Gasteiger partial charge in [-0.15, -0.1) is 17.8 Å². The highest BCUT2D eigenvalue weighted by atomic mass is 32.2. The third kappa shape index (κ3) is 10.8. The number of carbonyl (C=O) groups is 1. The van der Waals surface area contributed by atoms with Crippen molar-refractivity contribution in [3.63, 3.8) is 0 Å². The molecular weight excluding hydrogens is 626 g/mol. The number of nitrogens with one attached hydrogen (secondary N) is 1. The van der Waals surface area contributed by atoms with E-state index in [-0.39, 0.29) is 46.4 Å². The van der Waals surface area contributed by atoms with Crippen LogP contribution >= 0.6 is 0 Å². The molecule has 3 fully saturated rings. The van der Waals surface area contributed by atoms with Crippen molar-refractivity contribution in [2.45, 2.75) is 114 Å². The third-order valence-electron chi connectivity index (χ3n) is 9.78. The molecule has 262 valence electrons. The molecule has 0 spiro atoms. The fourth-order valence-corrected chi connectivity index (χ4v) is 8.19. The SMILES string of the molecule is CC#CC[C@H](C)[C@H](O)/C=C/[C@@H]1[C@H]2C/C(=C\CCCC(=O)OC)C[C@@]2(C#CCCCNS(=O)(=O)c2ccccc2)C[C@H]1O[C@@H]1CCCCO1. The van der Waals surface area contributed by atoms with Crippen LogP contribution in [0.25, 0.3) is 0 Å². The second kappa shape index (κ2) is 18.7. The number of sulfonamides is 1. The second-order valence-corrected chi connectivity index (χ2v) is 15.1. The molecule has 1 aliphatic heterocycles. The zero-order valence-electron chi connectivity index (χ0n) is 28.8. The predicted octanol–water partition coefficient (Wildman–Crippen LogP) is 6.31. The Morgan fingerprint density at radius 2 is 2.02 bits per heavy atom. The maximum atomic E-state index is 12.6. The minimum absolute atomic E-state index is 0.00820. The lowest BCUT2D eigenvalue weighted by Crippen LogP contribution is -2.31. The van der Waals surface area contributed by atoms with Crippen LogP contribution in [0.5, 0.6) is 0 Å². The zero-order valence-corrected chi connectivity index (χ0v) is 29.6. The number of benzene rings is 1. The molecular formula is C39H53NO7S. The van der Waals surface area contributed by atoms with E-state index in [0.29, 0.717) is 38.8 Å². The number of carbonyl (C=O) groups excluding carboxylic acids is 1. The highest BCUT2D eigenvalue weighted by Crippen LogP contribution is 2.60. The van der Waals surface area contributed by atoms with Crippen molar-refractivity contribution in [2.24, 2.45) is 23.2 Å². The molecule has 9 heteroatoms. The first-order valence-electron chi connectivity index (χ1n) is 17.5. The Kier molecular flexibility index (Phi) is 14.8. The van der Waals surface area contributed by atoms with E-state index in [1.54, 1.807) is 30.3 Å². The molecule has 2 saturated carbocycles. The van der Waals surface area contributed by atoms with Gasteiger partial charge in [0.25, 0.3) is 0 Å². The van der Waals surface area contributed by atoms with Crippen LogP contribution in [0.2, 0.25) is 0 Å². The first-order valence-corrected chi connectivity index (χ1v) is 19.0. The number of rotatable bonds is 15. The fourth-order valence-electron chi connectivity index (χ4n) is 7.10. The van der Waals surface area contributed by atoms with Gasteiger partial charge in [-0.2, -0.15) is 0 Å². The number of methoxy groups -OCH3 is 1. The van der Waals surface area contributed by atoms with Crippen LogP contribution in [-0.4, -0.2) is 58.3 Å². The summed E-state index contributed by atoms with van der Waals surface area (Å²) in [6.45, 7) is 4.83. The van der Waals surface area contributed by atoms with Gasteiger partial charge in [-0.3, -0.25) is 4.79 Å². The van der Waals surface area contributed by atoms with E-state index in [1.807, 2.05) is 19.9 Å². The number of esters is 1. The molecule has 0 radical (unpaired) electrons. The smallest absolute Gasteiger partial charge is 0.305 e. The van der Waals surface area contributed by atoms with Crippen LogP contribution in [0.1, 0.15) is 90.9 Å². The van der Waals surface area contributed by atoms with Gasteiger partial charge in [-0.25, -0.2) is 13.1 Å². The monoisotopic (exact) mass is 679 g/mol. The predicted molar refractivity (Wildman–Crippen MR) is 187 cm³/mol. The highest BCUT2D eigenvalue weighted by molar-refractivity contribution is 7.89. The number of fused-ring (bicyclic) bond motifs is 1. The quantitative estimate of drug-likeness (QED) is 0.0967. The molecule has 0 amide bonds. The van der Waals surface area contributed by atoms with Gasteiger partial charge in [0.15, 0.2) is 6.29 Å². The first-order chi connectivity index (χ1) is 23.2. The summed E-state index contributed by atoms with van der Waals surface area (Å²) >= 11 is 0. The summed E-state index contributed by atoms with van der Waals surface area (Å²) in [5.74, 6) is 13.2. The molecule has 1 saturated heterocycles. The summed E-state index contributed by atoms with van der Waals surface area (Å²) in [5.41, 5.74) is 1.03. The number of ether oxygens (including phenoxy) is 3. The average Bonchev–Trinajstić information content (AvgIpc) is 3.58. The van der Waals surface area contributed by atoms with Gasteiger partial charge in [0.1, 0.15) is 0 Å². The molecule has 3 aliphatic rings. The molecule has 8 nitrogen and oxygen atoms in total. The maximum Gasteiger partial charge on any atom is 0.305 e. The van der Waals surface area contributed by atoms with Gasteiger partial charge in [0.05, 0.1) is 24.2 Å². The van der Waals surface area contributed by atoms with E-state index in [1.165, 1.54) is 12.7 Å². The first kappa shape index (κ1) is 37.9. The summed E-state index contributed by atoms with van der Waals surface area (Å²) in [4.78, 5) is 11.9. The Labute approximate surface area is 288 Å². The number of unbranched alkanes of at least 4 members (excludes halogenated alkanes) is 2. The number of allylic oxidation sites excluding steroid dienone is 2. The van der Waals surface area contributed by atoms with Crippen LogP contribution < -0.4 is 4.72 Å². The summed E-state index contributed by atoms with van der Waals surface area (Å²) in [6, 6.07) is 8.39. The van der Waals surface area contributed by atoms with Crippen molar-refractivity contribution in [1.29, 1.82) is 0 Å². The Morgan fingerprint density at radius 1 is 1.21 bits per heavy atom. The van der Waals surface area contributed by atoms with E-state index in [4.69, 9.17) is 14.2 Å². The fraction of sp³-hybridized carbons (Fsp3) is 0.615. The molecule has 2 N–H and O–H groups in total. The normalized spacial score (nSPS) is 27.5. The van der Waals surface area contributed by atoms with E-state index < -0.39 is 16.1 Å². The summed E-state index contributed by atoms with van der Waals surface area (Å²) in [6.07, 6.45) is 14.5. The van der Waals surface area contributed by atoms with Crippen LogP contribution in [0.15, 0.2) is 59.0 Å². The van der Waals surface area contributed by atoms with Gasteiger partial charge >= 0.3 is 5.97 Å². The molecule has 7 atom stereocenters. The molecule has 1 heterocycles.